The highest BCUT2D eigenvalue weighted by atomic mass is 32.1. The highest BCUT2D eigenvalue weighted by molar-refractivity contribution is 7.10. The molecule has 178 valence electrons. The van der Waals surface area contributed by atoms with Crippen LogP contribution in [0, 0.1) is 5.82 Å². The number of benzene rings is 1. The number of anilines is 1. The van der Waals surface area contributed by atoms with Crippen LogP contribution in [0.1, 0.15) is 23.5 Å². The molecule has 9 heteroatoms. The van der Waals surface area contributed by atoms with E-state index in [4.69, 9.17) is 0 Å². The monoisotopic (exact) mass is 481 g/mol. The summed E-state index contributed by atoms with van der Waals surface area (Å²) in [5.74, 6) is -1.58. The zero-order valence-electron chi connectivity index (χ0n) is 19.0. The van der Waals surface area contributed by atoms with Crippen molar-refractivity contribution >= 4 is 28.8 Å². The SMILES string of the molecule is CC(NC(=O)C(=O)NCc1ccccn1)C(c1cccs1)N1CCN(c2ccccc2F)CC1. The predicted octanol–water partition coefficient (Wildman–Crippen LogP) is 2.97. The summed E-state index contributed by atoms with van der Waals surface area (Å²) in [7, 11) is 0. The molecule has 0 spiro atoms. The lowest BCUT2D eigenvalue weighted by atomic mass is 10.0. The number of carbonyl (C=O) groups excluding carboxylic acids is 2. The van der Waals surface area contributed by atoms with Gasteiger partial charge in [0.15, 0.2) is 0 Å². The Balaban J connectivity index is 1.38. The molecule has 1 fully saturated rings. The van der Waals surface area contributed by atoms with Gasteiger partial charge in [0, 0.05) is 43.3 Å². The number of carbonyl (C=O) groups is 2. The Morgan fingerprint density at radius 1 is 1.03 bits per heavy atom. The molecule has 2 aromatic heterocycles. The number of pyridine rings is 1. The Morgan fingerprint density at radius 2 is 1.79 bits per heavy atom. The minimum Gasteiger partial charge on any atom is -0.367 e. The van der Waals surface area contributed by atoms with E-state index in [2.05, 4.69) is 20.5 Å². The molecular formula is C25H28FN5O2S. The molecule has 0 radical (unpaired) electrons. The van der Waals surface area contributed by atoms with Gasteiger partial charge < -0.3 is 15.5 Å². The van der Waals surface area contributed by atoms with E-state index in [9.17, 15) is 14.0 Å². The van der Waals surface area contributed by atoms with Crippen molar-refractivity contribution in [3.63, 3.8) is 0 Å². The number of nitrogens with zero attached hydrogens (tertiary/aromatic N) is 3. The number of rotatable bonds is 7. The van der Waals surface area contributed by atoms with Crippen molar-refractivity contribution < 1.29 is 14.0 Å². The van der Waals surface area contributed by atoms with Crippen LogP contribution < -0.4 is 15.5 Å². The van der Waals surface area contributed by atoms with Crippen LogP contribution in [-0.2, 0) is 16.1 Å². The largest absolute Gasteiger partial charge is 0.367 e. The summed E-state index contributed by atoms with van der Waals surface area (Å²) in [5.41, 5.74) is 1.29. The second-order valence-electron chi connectivity index (χ2n) is 8.20. The third kappa shape index (κ3) is 5.78. The first-order valence-corrected chi connectivity index (χ1v) is 12.2. The van der Waals surface area contributed by atoms with Crippen LogP contribution in [0.5, 0.6) is 0 Å². The molecule has 3 aromatic rings. The molecule has 1 saturated heterocycles. The van der Waals surface area contributed by atoms with Crippen molar-refractivity contribution in [2.45, 2.75) is 25.6 Å². The first-order valence-electron chi connectivity index (χ1n) is 11.3. The lowest BCUT2D eigenvalue weighted by molar-refractivity contribution is -0.140. The van der Waals surface area contributed by atoms with Crippen LogP contribution in [0.3, 0.4) is 0 Å². The Bertz CT molecular complexity index is 1090. The summed E-state index contributed by atoms with van der Waals surface area (Å²) < 4.78 is 14.2. The van der Waals surface area contributed by atoms with E-state index >= 15 is 0 Å². The van der Waals surface area contributed by atoms with Gasteiger partial charge in [0.05, 0.1) is 24.0 Å². The molecule has 1 aliphatic rings. The number of amides is 2. The molecule has 2 amide bonds. The van der Waals surface area contributed by atoms with Crippen molar-refractivity contribution in [2.75, 3.05) is 31.1 Å². The molecule has 3 heterocycles. The molecule has 7 nitrogen and oxygen atoms in total. The summed E-state index contributed by atoms with van der Waals surface area (Å²) in [6, 6.07) is 15.9. The molecule has 1 aliphatic heterocycles. The Morgan fingerprint density at radius 3 is 2.47 bits per heavy atom. The maximum atomic E-state index is 14.2. The van der Waals surface area contributed by atoms with Gasteiger partial charge >= 0.3 is 11.8 Å². The van der Waals surface area contributed by atoms with Crippen molar-refractivity contribution in [1.82, 2.24) is 20.5 Å². The fraction of sp³-hybridized carbons (Fsp3) is 0.320. The fourth-order valence-electron chi connectivity index (χ4n) is 4.26. The summed E-state index contributed by atoms with van der Waals surface area (Å²) in [5, 5.41) is 7.50. The van der Waals surface area contributed by atoms with E-state index in [1.807, 2.05) is 41.5 Å². The molecule has 2 N–H and O–H groups in total. The maximum absolute atomic E-state index is 14.2. The van der Waals surface area contributed by atoms with Crippen molar-refractivity contribution in [3.8, 4) is 0 Å². The van der Waals surface area contributed by atoms with E-state index in [0.717, 1.165) is 4.88 Å². The number of nitrogens with one attached hydrogen (secondary N) is 2. The van der Waals surface area contributed by atoms with Gasteiger partial charge in [0.1, 0.15) is 5.82 Å². The average Bonchev–Trinajstić information content (AvgIpc) is 3.38. The maximum Gasteiger partial charge on any atom is 0.309 e. The van der Waals surface area contributed by atoms with Crippen LogP contribution in [0.2, 0.25) is 0 Å². The smallest absolute Gasteiger partial charge is 0.309 e. The molecule has 0 saturated carbocycles. The Kier molecular flexibility index (Phi) is 7.87. The number of hydrogen-bond acceptors (Lipinski definition) is 6. The molecular weight excluding hydrogens is 453 g/mol. The van der Waals surface area contributed by atoms with Crippen molar-refractivity contribution in [2.24, 2.45) is 0 Å². The second kappa shape index (κ2) is 11.2. The minimum absolute atomic E-state index is 0.0877. The molecule has 0 aliphatic carbocycles. The molecule has 2 unspecified atom stereocenters. The van der Waals surface area contributed by atoms with Gasteiger partial charge in [-0.2, -0.15) is 0 Å². The van der Waals surface area contributed by atoms with Gasteiger partial charge in [-0.3, -0.25) is 19.5 Å². The summed E-state index contributed by atoms with van der Waals surface area (Å²) in [6.45, 7) is 4.87. The molecule has 4 rings (SSSR count). The van der Waals surface area contributed by atoms with Crippen molar-refractivity contribution in [1.29, 1.82) is 0 Å². The van der Waals surface area contributed by atoms with Crippen LogP contribution >= 0.6 is 11.3 Å². The fourth-order valence-corrected chi connectivity index (χ4v) is 5.22. The van der Waals surface area contributed by atoms with Gasteiger partial charge in [-0.1, -0.05) is 24.3 Å². The van der Waals surface area contributed by atoms with E-state index in [1.165, 1.54) is 6.07 Å². The lowest BCUT2D eigenvalue weighted by Crippen LogP contribution is -2.53. The van der Waals surface area contributed by atoms with E-state index in [0.29, 0.717) is 37.6 Å². The molecule has 2 atom stereocenters. The topological polar surface area (TPSA) is 77.6 Å². The van der Waals surface area contributed by atoms with E-state index in [1.54, 1.807) is 41.8 Å². The molecule has 34 heavy (non-hydrogen) atoms. The number of piperazine rings is 1. The van der Waals surface area contributed by atoms with Gasteiger partial charge in [-0.15, -0.1) is 11.3 Å². The van der Waals surface area contributed by atoms with Crippen LogP contribution in [0.15, 0.2) is 66.2 Å². The number of thiophene rings is 1. The molecule has 0 bridgehead atoms. The summed E-state index contributed by atoms with van der Waals surface area (Å²) in [6.07, 6.45) is 1.64. The Hall–Kier alpha value is -3.30. The third-order valence-corrected chi connectivity index (χ3v) is 6.87. The normalized spacial score (nSPS) is 16.0. The van der Waals surface area contributed by atoms with Crippen LogP contribution in [0.4, 0.5) is 10.1 Å². The van der Waals surface area contributed by atoms with Crippen LogP contribution in [-0.4, -0.2) is 53.9 Å². The van der Waals surface area contributed by atoms with Gasteiger partial charge in [0.2, 0.25) is 0 Å². The summed E-state index contributed by atoms with van der Waals surface area (Å²) in [4.78, 5) is 34.6. The lowest BCUT2D eigenvalue weighted by Gasteiger charge is -2.42. The predicted molar refractivity (Wildman–Crippen MR) is 131 cm³/mol. The standard InChI is InChI=1S/C25H28FN5O2S/c1-18(29-25(33)24(32)28-17-19-7-4-5-11-27-19)23(22-10-6-16-34-22)31-14-12-30(13-15-31)21-9-3-2-8-20(21)26/h2-11,16,18,23H,12-15,17H2,1H3,(H,28,32)(H,29,33). The van der Waals surface area contributed by atoms with Gasteiger partial charge in [-0.05, 0) is 42.6 Å². The van der Waals surface area contributed by atoms with Gasteiger partial charge in [-0.25, -0.2) is 4.39 Å². The molecule has 1 aromatic carbocycles. The highest BCUT2D eigenvalue weighted by Crippen LogP contribution is 2.30. The highest BCUT2D eigenvalue weighted by Gasteiger charge is 2.32. The number of halogens is 1. The first kappa shape index (κ1) is 23.8. The zero-order chi connectivity index (χ0) is 23.9. The Labute approximate surface area is 202 Å². The minimum atomic E-state index is -0.688. The number of para-hydroxylation sites is 1. The third-order valence-electron chi connectivity index (χ3n) is 5.93. The van der Waals surface area contributed by atoms with Crippen molar-refractivity contribution in [3.05, 3.63) is 82.6 Å². The summed E-state index contributed by atoms with van der Waals surface area (Å²) >= 11 is 1.62. The second-order valence-corrected chi connectivity index (χ2v) is 9.18. The quantitative estimate of drug-likeness (QED) is 0.508. The average molecular weight is 482 g/mol. The first-order chi connectivity index (χ1) is 16.5. The number of aromatic nitrogens is 1. The van der Waals surface area contributed by atoms with Gasteiger partial charge in [0.25, 0.3) is 0 Å². The van der Waals surface area contributed by atoms with E-state index in [-0.39, 0.29) is 24.4 Å². The number of hydrogen-bond donors (Lipinski definition) is 2. The zero-order valence-corrected chi connectivity index (χ0v) is 19.8. The van der Waals surface area contributed by atoms with E-state index < -0.39 is 11.8 Å². The van der Waals surface area contributed by atoms with Crippen LogP contribution in [0.25, 0.3) is 0 Å².